The summed E-state index contributed by atoms with van der Waals surface area (Å²) in [5.41, 5.74) is 1.55. The van der Waals surface area contributed by atoms with Gasteiger partial charge in [-0.05, 0) is 36.8 Å². The zero-order valence-corrected chi connectivity index (χ0v) is 20.8. The number of aliphatic hydroxyl groups excluding tert-OH is 1. The van der Waals surface area contributed by atoms with Gasteiger partial charge in [-0.1, -0.05) is 58.0 Å². The third-order valence-corrected chi connectivity index (χ3v) is 6.72. The summed E-state index contributed by atoms with van der Waals surface area (Å²) in [7, 11) is -3.78. The van der Waals surface area contributed by atoms with Crippen molar-refractivity contribution in [2.75, 3.05) is 30.5 Å². The molecule has 31 heavy (non-hydrogen) atoms. The lowest BCUT2D eigenvalue weighted by Crippen LogP contribution is -3.14. The Bertz CT molecular complexity index is 879. The van der Waals surface area contributed by atoms with Gasteiger partial charge in [0.2, 0.25) is 0 Å². The maximum Gasteiger partial charge on any atom is 0.264 e. The molecule has 0 bridgehead atoms. The van der Waals surface area contributed by atoms with Gasteiger partial charge in [0.05, 0.1) is 30.2 Å². The fourth-order valence-electron chi connectivity index (χ4n) is 3.84. The van der Waals surface area contributed by atoms with E-state index in [0.29, 0.717) is 24.1 Å². The first-order valence-corrected chi connectivity index (χ1v) is 12.2. The van der Waals surface area contributed by atoms with Gasteiger partial charge in [0.25, 0.3) is 10.0 Å². The summed E-state index contributed by atoms with van der Waals surface area (Å²) in [6.07, 6.45) is -0.767. The molecule has 0 heterocycles. The highest BCUT2D eigenvalue weighted by Gasteiger charge is 2.29. The van der Waals surface area contributed by atoms with Crippen LogP contribution in [0.4, 0.5) is 5.69 Å². The van der Waals surface area contributed by atoms with Crippen LogP contribution in [-0.2, 0) is 10.0 Å². The molecule has 0 saturated carbocycles. The maximum absolute atomic E-state index is 13.4. The second kappa shape index (κ2) is 12.4. The number of nitrogens with one attached hydrogen (secondary N) is 1. The van der Waals surface area contributed by atoms with Crippen LogP contribution in [0, 0.1) is 18.8 Å². The zero-order valence-electron chi connectivity index (χ0n) is 19.3. The average Bonchev–Trinajstić information content (AvgIpc) is 2.65. The first-order chi connectivity index (χ1) is 14.1. The molecule has 174 valence electrons. The Hall–Kier alpha value is -1.60. The summed E-state index contributed by atoms with van der Waals surface area (Å²) in [6.45, 7) is 13.1. The Morgan fingerprint density at radius 2 is 1.48 bits per heavy atom. The van der Waals surface area contributed by atoms with Crippen molar-refractivity contribution in [1.82, 2.24) is 0 Å². The van der Waals surface area contributed by atoms with E-state index < -0.39 is 16.1 Å². The number of halogens is 1. The van der Waals surface area contributed by atoms with E-state index in [1.165, 1.54) is 9.21 Å². The number of aliphatic hydroxyl groups is 1. The third kappa shape index (κ3) is 8.45. The molecule has 0 aliphatic rings. The molecule has 0 amide bonds. The lowest BCUT2D eigenvalue weighted by molar-refractivity contribution is -0.909. The summed E-state index contributed by atoms with van der Waals surface area (Å²) in [5.74, 6) is 1.01. The Morgan fingerprint density at radius 3 is 2.00 bits per heavy atom. The Labute approximate surface area is 194 Å². The van der Waals surface area contributed by atoms with Crippen molar-refractivity contribution < 1.29 is 30.8 Å². The van der Waals surface area contributed by atoms with E-state index in [9.17, 15) is 13.5 Å². The normalized spacial score (nSPS) is 12.8. The molecule has 0 spiro atoms. The Kier molecular flexibility index (Phi) is 11.0. The zero-order chi connectivity index (χ0) is 22.3. The van der Waals surface area contributed by atoms with Crippen LogP contribution in [0.15, 0.2) is 59.5 Å². The summed E-state index contributed by atoms with van der Waals surface area (Å²) < 4.78 is 28.2. The molecule has 5 nitrogen and oxygen atoms in total. The maximum atomic E-state index is 13.4. The molecule has 0 saturated heterocycles. The molecule has 0 aliphatic carbocycles. The molecule has 0 fully saturated rings. The SMILES string of the molecule is Cc1cccc(N(CC(O)C[NH+](CC(C)C)CC(C)C)S(=O)(=O)c2ccccc2)c1.[Cl-]. The van der Waals surface area contributed by atoms with Crippen molar-refractivity contribution in [3.63, 3.8) is 0 Å². The molecule has 0 aliphatic heterocycles. The number of aryl methyl sites for hydroxylation is 1. The summed E-state index contributed by atoms with van der Waals surface area (Å²) in [4.78, 5) is 1.53. The van der Waals surface area contributed by atoms with Gasteiger partial charge in [-0.25, -0.2) is 8.42 Å². The fraction of sp³-hybridized carbons (Fsp3) is 0.500. The van der Waals surface area contributed by atoms with E-state index in [4.69, 9.17) is 0 Å². The fourth-order valence-corrected chi connectivity index (χ4v) is 5.35. The van der Waals surface area contributed by atoms with Crippen LogP contribution in [0.3, 0.4) is 0 Å². The minimum atomic E-state index is -3.78. The molecule has 1 atom stereocenters. The Morgan fingerprint density at radius 1 is 0.903 bits per heavy atom. The highest BCUT2D eigenvalue weighted by Crippen LogP contribution is 2.24. The average molecular weight is 469 g/mol. The van der Waals surface area contributed by atoms with Crippen molar-refractivity contribution in [1.29, 1.82) is 0 Å². The van der Waals surface area contributed by atoms with Gasteiger partial charge in [0.1, 0.15) is 12.6 Å². The number of rotatable bonds is 11. The number of sulfonamides is 1. The quantitative estimate of drug-likeness (QED) is 0.478. The lowest BCUT2D eigenvalue weighted by Gasteiger charge is -2.30. The lowest BCUT2D eigenvalue weighted by atomic mass is 10.1. The molecule has 2 N–H and O–H groups in total. The van der Waals surface area contributed by atoms with Crippen LogP contribution < -0.4 is 21.6 Å². The molecule has 0 radical (unpaired) electrons. The van der Waals surface area contributed by atoms with Crippen molar-refractivity contribution >= 4 is 15.7 Å². The largest absolute Gasteiger partial charge is 1.00 e. The van der Waals surface area contributed by atoms with Gasteiger partial charge in [-0.15, -0.1) is 0 Å². The monoisotopic (exact) mass is 468 g/mol. The molecular weight excluding hydrogens is 432 g/mol. The first-order valence-electron chi connectivity index (χ1n) is 10.8. The first kappa shape index (κ1) is 27.4. The van der Waals surface area contributed by atoms with E-state index >= 15 is 0 Å². The second-order valence-corrected chi connectivity index (χ2v) is 10.9. The van der Waals surface area contributed by atoms with E-state index in [1.807, 2.05) is 25.1 Å². The van der Waals surface area contributed by atoms with E-state index in [0.717, 1.165) is 18.7 Å². The van der Waals surface area contributed by atoms with Crippen LogP contribution in [0.25, 0.3) is 0 Å². The van der Waals surface area contributed by atoms with Gasteiger partial charge >= 0.3 is 0 Å². The second-order valence-electron chi connectivity index (χ2n) is 8.99. The predicted octanol–water partition coefficient (Wildman–Crippen LogP) is -0.248. The molecule has 1 unspecified atom stereocenters. The number of hydrogen-bond donors (Lipinski definition) is 2. The summed E-state index contributed by atoms with van der Waals surface area (Å²) in [6, 6.07) is 15.8. The van der Waals surface area contributed by atoms with Crippen LogP contribution in [0.1, 0.15) is 33.3 Å². The molecule has 2 aromatic rings. The van der Waals surface area contributed by atoms with Crippen LogP contribution >= 0.6 is 0 Å². The highest BCUT2D eigenvalue weighted by atomic mass is 35.5. The number of nitrogens with zero attached hydrogens (tertiary/aromatic N) is 1. The van der Waals surface area contributed by atoms with Crippen LogP contribution in [0.2, 0.25) is 0 Å². The standard InChI is InChI=1S/C24H36N2O3S.ClH/c1-19(2)15-25(16-20(3)4)17-23(27)18-26(22-11-9-10-21(5)14-22)30(28,29)24-12-7-6-8-13-24;/h6-14,19-20,23,27H,15-18H2,1-5H3;1H. The van der Waals surface area contributed by atoms with Crippen LogP contribution in [0.5, 0.6) is 0 Å². The summed E-state index contributed by atoms with van der Waals surface area (Å²) in [5, 5.41) is 10.9. The third-order valence-electron chi connectivity index (χ3n) is 4.92. The van der Waals surface area contributed by atoms with Gasteiger partial charge in [-0.2, -0.15) is 0 Å². The predicted molar refractivity (Wildman–Crippen MR) is 123 cm³/mol. The minimum Gasteiger partial charge on any atom is -1.00 e. The number of quaternary nitrogens is 1. The highest BCUT2D eigenvalue weighted by molar-refractivity contribution is 7.92. The van der Waals surface area contributed by atoms with Gasteiger partial charge in [0, 0.05) is 11.8 Å². The molecule has 0 aromatic heterocycles. The minimum absolute atomic E-state index is 0. The number of anilines is 1. The number of benzene rings is 2. The van der Waals surface area contributed by atoms with Gasteiger partial charge < -0.3 is 22.4 Å². The molecular formula is C24H37ClN2O3S. The van der Waals surface area contributed by atoms with Crippen LogP contribution in [-0.4, -0.2) is 45.8 Å². The molecule has 7 heteroatoms. The van der Waals surface area contributed by atoms with Crippen molar-refractivity contribution in [3.8, 4) is 0 Å². The van der Waals surface area contributed by atoms with E-state index in [-0.39, 0.29) is 23.8 Å². The van der Waals surface area contributed by atoms with Gasteiger partial charge in [0.15, 0.2) is 0 Å². The van der Waals surface area contributed by atoms with E-state index in [1.54, 1.807) is 36.4 Å². The topological polar surface area (TPSA) is 62.1 Å². The number of hydrogen-bond acceptors (Lipinski definition) is 3. The molecule has 2 rings (SSSR count). The van der Waals surface area contributed by atoms with Crippen molar-refractivity contribution in [2.45, 2.75) is 45.6 Å². The smallest absolute Gasteiger partial charge is 0.264 e. The summed E-state index contributed by atoms with van der Waals surface area (Å²) >= 11 is 0. The Balaban J connectivity index is 0.00000480. The van der Waals surface area contributed by atoms with Crippen molar-refractivity contribution in [3.05, 3.63) is 60.2 Å². The molecule has 2 aromatic carbocycles. The van der Waals surface area contributed by atoms with E-state index in [2.05, 4.69) is 27.7 Å². The van der Waals surface area contributed by atoms with Gasteiger partial charge in [-0.3, -0.25) is 4.31 Å². The van der Waals surface area contributed by atoms with Crippen molar-refractivity contribution in [2.24, 2.45) is 11.8 Å².